The van der Waals surface area contributed by atoms with Crippen LogP contribution in [0.25, 0.3) is 0 Å². The maximum absolute atomic E-state index is 6.03. The van der Waals surface area contributed by atoms with Gasteiger partial charge in [-0.1, -0.05) is 24.6 Å². The summed E-state index contributed by atoms with van der Waals surface area (Å²) in [6.07, 6.45) is 8.91. The summed E-state index contributed by atoms with van der Waals surface area (Å²) in [6, 6.07) is 8.93. The number of rotatable bonds is 13. The molecule has 0 saturated carbocycles. The SMILES string of the molecule is C=CCCCCCN(C)C(=NC)NCc1cccc(OCCN(C)C2CCOCC2)c1.I. The first kappa shape index (κ1) is 28.7. The summed E-state index contributed by atoms with van der Waals surface area (Å²) in [7, 11) is 6.11. The van der Waals surface area contributed by atoms with Gasteiger partial charge in [0.25, 0.3) is 0 Å². The van der Waals surface area contributed by atoms with Gasteiger partial charge in [0.1, 0.15) is 12.4 Å². The fourth-order valence-electron chi connectivity index (χ4n) is 3.85. The maximum atomic E-state index is 6.03. The minimum Gasteiger partial charge on any atom is -0.492 e. The number of likely N-dealkylation sites (N-methyl/N-ethyl adjacent to an activating group) is 1. The second-order valence-corrected chi connectivity index (χ2v) is 8.28. The molecular formula is C25H43IN4O2. The standard InChI is InChI=1S/C25H42N4O2.HI/c1-5-6-7-8-9-15-29(4)25(26-2)27-21-22-11-10-12-24(20-22)31-19-16-28(3)23-13-17-30-18-14-23;/h5,10-12,20,23H,1,6-9,13-19,21H2,2-4H3,(H,26,27);1H. The summed E-state index contributed by atoms with van der Waals surface area (Å²) in [5.74, 6) is 1.85. The summed E-state index contributed by atoms with van der Waals surface area (Å²) in [5, 5.41) is 3.47. The lowest BCUT2D eigenvalue weighted by molar-refractivity contribution is 0.0392. The largest absolute Gasteiger partial charge is 0.492 e. The van der Waals surface area contributed by atoms with E-state index in [1.54, 1.807) is 0 Å². The van der Waals surface area contributed by atoms with Gasteiger partial charge < -0.3 is 19.7 Å². The molecule has 1 aliphatic rings. The lowest BCUT2D eigenvalue weighted by Crippen LogP contribution is -2.39. The first-order valence-electron chi connectivity index (χ1n) is 11.7. The van der Waals surface area contributed by atoms with Crippen molar-refractivity contribution in [2.45, 2.75) is 51.1 Å². The Hall–Kier alpha value is -1.32. The zero-order valence-electron chi connectivity index (χ0n) is 20.2. The highest BCUT2D eigenvalue weighted by Crippen LogP contribution is 2.15. The number of nitrogens with one attached hydrogen (secondary N) is 1. The average Bonchev–Trinajstić information content (AvgIpc) is 2.80. The van der Waals surface area contributed by atoms with E-state index in [0.717, 1.165) is 70.2 Å². The van der Waals surface area contributed by atoms with E-state index in [1.165, 1.54) is 18.4 Å². The Bertz CT molecular complexity index is 665. The fourth-order valence-corrected chi connectivity index (χ4v) is 3.85. The zero-order valence-corrected chi connectivity index (χ0v) is 22.6. The molecule has 0 spiro atoms. The number of halogens is 1. The Morgan fingerprint density at radius 1 is 1.22 bits per heavy atom. The molecule has 182 valence electrons. The van der Waals surface area contributed by atoms with Gasteiger partial charge in [0.15, 0.2) is 5.96 Å². The number of benzene rings is 1. The molecule has 0 atom stereocenters. The van der Waals surface area contributed by atoms with Crippen LogP contribution in [-0.2, 0) is 11.3 Å². The first-order valence-corrected chi connectivity index (χ1v) is 11.7. The van der Waals surface area contributed by atoms with Gasteiger partial charge in [-0.25, -0.2) is 0 Å². The highest BCUT2D eigenvalue weighted by molar-refractivity contribution is 14.0. The Kier molecular flexibility index (Phi) is 15.4. The van der Waals surface area contributed by atoms with Crippen molar-refractivity contribution in [2.24, 2.45) is 4.99 Å². The molecule has 1 heterocycles. The van der Waals surface area contributed by atoms with Gasteiger partial charge in [0, 0.05) is 53.0 Å². The molecule has 1 N–H and O–H groups in total. The molecule has 0 amide bonds. The van der Waals surface area contributed by atoms with Crippen molar-refractivity contribution in [3.63, 3.8) is 0 Å². The molecule has 0 unspecified atom stereocenters. The van der Waals surface area contributed by atoms with Crippen molar-refractivity contribution in [3.05, 3.63) is 42.5 Å². The highest BCUT2D eigenvalue weighted by Gasteiger charge is 2.18. The molecule has 1 fully saturated rings. The quantitative estimate of drug-likeness (QED) is 0.127. The summed E-state index contributed by atoms with van der Waals surface area (Å²) < 4.78 is 11.5. The molecule has 1 saturated heterocycles. The summed E-state index contributed by atoms with van der Waals surface area (Å²) in [6.45, 7) is 8.88. The van der Waals surface area contributed by atoms with Gasteiger partial charge in [-0.15, -0.1) is 30.6 Å². The van der Waals surface area contributed by atoms with Crippen molar-refractivity contribution in [1.82, 2.24) is 15.1 Å². The number of nitrogens with zero attached hydrogens (tertiary/aromatic N) is 3. The van der Waals surface area contributed by atoms with Crippen LogP contribution < -0.4 is 10.1 Å². The van der Waals surface area contributed by atoms with E-state index in [0.29, 0.717) is 12.6 Å². The molecule has 0 aromatic heterocycles. The number of allylic oxidation sites excluding steroid dienone is 1. The highest BCUT2D eigenvalue weighted by atomic mass is 127. The monoisotopic (exact) mass is 558 g/mol. The molecule has 7 heteroatoms. The predicted molar refractivity (Wildman–Crippen MR) is 145 cm³/mol. The summed E-state index contributed by atoms with van der Waals surface area (Å²) in [5.41, 5.74) is 1.19. The van der Waals surface area contributed by atoms with Crippen LogP contribution >= 0.6 is 24.0 Å². The van der Waals surface area contributed by atoms with E-state index in [9.17, 15) is 0 Å². The van der Waals surface area contributed by atoms with Crippen LogP contribution in [0.4, 0.5) is 0 Å². The fraction of sp³-hybridized carbons (Fsp3) is 0.640. The van der Waals surface area contributed by atoms with Gasteiger partial charge in [0.2, 0.25) is 0 Å². The number of ether oxygens (including phenoxy) is 2. The number of unbranched alkanes of at least 4 members (excludes halogenated alkanes) is 3. The minimum absolute atomic E-state index is 0. The summed E-state index contributed by atoms with van der Waals surface area (Å²) >= 11 is 0. The molecule has 2 rings (SSSR count). The molecule has 0 radical (unpaired) electrons. The van der Waals surface area contributed by atoms with E-state index < -0.39 is 0 Å². The van der Waals surface area contributed by atoms with Crippen LogP contribution in [0, 0.1) is 0 Å². The van der Waals surface area contributed by atoms with Crippen LogP contribution in [0.3, 0.4) is 0 Å². The van der Waals surface area contributed by atoms with Gasteiger partial charge in [-0.3, -0.25) is 9.89 Å². The van der Waals surface area contributed by atoms with Crippen LogP contribution in [0.5, 0.6) is 5.75 Å². The second-order valence-electron chi connectivity index (χ2n) is 8.28. The second kappa shape index (κ2) is 17.2. The normalized spacial score (nSPS) is 14.7. The number of aliphatic imine (C=N–C) groups is 1. The third-order valence-electron chi connectivity index (χ3n) is 5.85. The Labute approximate surface area is 212 Å². The van der Waals surface area contributed by atoms with E-state index >= 15 is 0 Å². The molecular weight excluding hydrogens is 515 g/mol. The van der Waals surface area contributed by atoms with Crippen molar-refractivity contribution >= 4 is 29.9 Å². The van der Waals surface area contributed by atoms with Gasteiger partial charge in [-0.2, -0.15) is 0 Å². The lowest BCUT2D eigenvalue weighted by atomic mass is 10.1. The number of guanidine groups is 1. The molecule has 32 heavy (non-hydrogen) atoms. The van der Waals surface area contributed by atoms with E-state index in [1.807, 2.05) is 19.2 Å². The number of hydrogen-bond acceptors (Lipinski definition) is 4. The van der Waals surface area contributed by atoms with Gasteiger partial charge in [0.05, 0.1) is 0 Å². The first-order chi connectivity index (χ1) is 15.1. The van der Waals surface area contributed by atoms with Gasteiger partial charge in [-0.05, 0) is 56.8 Å². The van der Waals surface area contributed by atoms with E-state index in [2.05, 4.69) is 59.0 Å². The molecule has 1 aromatic carbocycles. The summed E-state index contributed by atoms with van der Waals surface area (Å²) in [4.78, 5) is 9.01. The predicted octanol–water partition coefficient (Wildman–Crippen LogP) is 4.55. The zero-order chi connectivity index (χ0) is 22.3. The molecule has 1 aliphatic heterocycles. The van der Waals surface area contributed by atoms with Crippen molar-refractivity contribution in [3.8, 4) is 5.75 Å². The van der Waals surface area contributed by atoms with E-state index in [-0.39, 0.29) is 24.0 Å². The lowest BCUT2D eigenvalue weighted by Gasteiger charge is -2.31. The van der Waals surface area contributed by atoms with Crippen molar-refractivity contribution in [2.75, 3.05) is 54.1 Å². The Morgan fingerprint density at radius 2 is 2.00 bits per heavy atom. The van der Waals surface area contributed by atoms with Crippen LogP contribution in [0.2, 0.25) is 0 Å². The number of hydrogen-bond donors (Lipinski definition) is 1. The maximum Gasteiger partial charge on any atom is 0.193 e. The van der Waals surface area contributed by atoms with Crippen LogP contribution in [-0.4, -0.2) is 75.9 Å². The third-order valence-corrected chi connectivity index (χ3v) is 5.85. The average molecular weight is 559 g/mol. The molecule has 1 aromatic rings. The van der Waals surface area contributed by atoms with Gasteiger partial charge >= 0.3 is 0 Å². The molecule has 6 nitrogen and oxygen atoms in total. The van der Waals surface area contributed by atoms with Crippen LogP contribution in [0.1, 0.15) is 44.1 Å². The molecule has 0 bridgehead atoms. The third kappa shape index (κ3) is 11.0. The van der Waals surface area contributed by atoms with E-state index in [4.69, 9.17) is 9.47 Å². The van der Waals surface area contributed by atoms with Crippen molar-refractivity contribution < 1.29 is 9.47 Å². The van der Waals surface area contributed by atoms with Crippen molar-refractivity contribution in [1.29, 1.82) is 0 Å². The Morgan fingerprint density at radius 3 is 2.72 bits per heavy atom. The Balaban J connectivity index is 0.00000512. The smallest absolute Gasteiger partial charge is 0.193 e. The topological polar surface area (TPSA) is 49.3 Å². The van der Waals surface area contributed by atoms with Crippen LogP contribution in [0.15, 0.2) is 41.9 Å². The minimum atomic E-state index is 0. The molecule has 0 aliphatic carbocycles.